The van der Waals surface area contributed by atoms with Gasteiger partial charge in [0.1, 0.15) is 0 Å². The van der Waals surface area contributed by atoms with Crippen molar-refractivity contribution in [3.8, 4) is 0 Å². The molecular weight excluding hydrogens is 299 g/mol. The first-order valence-electron chi connectivity index (χ1n) is 6.00. The molecule has 19 heavy (non-hydrogen) atoms. The standard InChI is InChI=1S/C14H16Cl2N2S/c1-14(2,3)13-18-10(8-19-13)7-17-12-5-4-9(15)6-11(12)16/h4-6,8,17H,7H2,1-3H3. The molecule has 1 heterocycles. The molecule has 0 amide bonds. The molecule has 2 rings (SSSR count). The highest BCUT2D eigenvalue weighted by Gasteiger charge is 2.17. The molecule has 2 nitrogen and oxygen atoms in total. The molecule has 0 aliphatic rings. The second-order valence-electron chi connectivity index (χ2n) is 5.37. The first kappa shape index (κ1) is 14.6. The Morgan fingerprint density at radius 2 is 2.00 bits per heavy atom. The summed E-state index contributed by atoms with van der Waals surface area (Å²) >= 11 is 13.7. The maximum Gasteiger partial charge on any atom is 0.0982 e. The van der Waals surface area contributed by atoms with E-state index in [1.807, 2.05) is 12.1 Å². The summed E-state index contributed by atoms with van der Waals surface area (Å²) < 4.78 is 0. The Morgan fingerprint density at radius 3 is 2.58 bits per heavy atom. The number of nitrogens with zero attached hydrogens (tertiary/aromatic N) is 1. The highest BCUT2D eigenvalue weighted by molar-refractivity contribution is 7.09. The Bertz CT molecular complexity index is 573. The lowest BCUT2D eigenvalue weighted by molar-refractivity contribution is 0.583. The second kappa shape index (κ2) is 5.70. The number of benzene rings is 1. The van der Waals surface area contributed by atoms with Crippen LogP contribution in [0.25, 0.3) is 0 Å². The smallest absolute Gasteiger partial charge is 0.0982 e. The molecule has 5 heteroatoms. The van der Waals surface area contributed by atoms with Crippen LogP contribution in [0.1, 0.15) is 31.5 Å². The third kappa shape index (κ3) is 3.85. The van der Waals surface area contributed by atoms with E-state index in [0.29, 0.717) is 16.6 Å². The van der Waals surface area contributed by atoms with E-state index in [2.05, 4.69) is 36.5 Å². The van der Waals surface area contributed by atoms with E-state index in [1.54, 1.807) is 17.4 Å². The molecule has 0 aliphatic heterocycles. The van der Waals surface area contributed by atoms with Crippen molar-refractivity contribution < 1.29 is 0 Å². The number of nitrogens with one attached hydrogen (secondary N) is 1. The van der Waals surface area contributed by atoms with Gasteiger partial charge in [0.15, 0.2) is 0 Å². The predicted molar refractivity (Wildman–Crippen MR) is 84.6 cm³/mol. The molecule has 0 unspecified atom stereocenters. The van der Waals surface area contributed by atoms with Crippen LogP contribution in [0.15, 0.2) is 23.6 Å². The summed E-state index contributed by atoms with van der Waals surface area (Å²) in [6.07, 6.45) is 0. The zero-order chi connectivity index (χ0) is 14.0. The van der Waals surface area contributed by atoms with E-state index >= 15 is 0 Å². The quantitative estimate of drug-likeness (QED) is 0.825. The van der Waals surface area contributed by atoms with Crippen molar-refractivity contribution in [2.75, 3.05) is 5.32 Å². The van der Waals surface area contributed by atoms with Gasteiger partial charge in [-0.1, -0.05) is 44.0 Å². The van der Waals surface area contributed by atoms with E-state index < -0.39 is 0 Å². The molecule has 0 aliphatic carbocycles. The Morgan fingerprint density at radius 1 is 1.26 bits per heavy atom. The van der Waals surface area contributed by atoms with Crippen LogP contribution in [0.2, 0.25) is 10.0 Å². The summed E-state index contributed by atoms with van der Waals surface area (Å²) in [5.74, 6) is 0. The van der Waals surface area contributed by atoms with E-state index in [9.17, 15) is 0 Å². The lowest BCUT2D eigenvalue weighted by atomic mass is 9.98. The molecule has 0 saturated heterocycles. The lowest BCUT2D eigenvalue weighted by Crippen LogP contribution is -2.11. The highest BCUT2D eigenvalue weighted by Crippen LogP contribution is 2.28. The van der Waals surface area contributed by atoms with Gasteiger partial charge in [-0.25, -0.2) is 4.98 Å². The van der Waals surface area contributed by atoms with Gasteiger partial charge in [0.2, 0.25) is 0 Å². The molecule has 2 aromatic rings. The van der Waals surface area contributed by atoms with Crippen molar-refractivity contribution in [3.63, 3.8) is 0 Å². The van der Waals surface area contributed by atoms with Gasteiger partial charge in [0.25, 0.3) is 0 Å². The monoisotopic (exact) mass is 314 g/mol. The van der Waals surface area contributed by atoms with Crippen LogP contribution >= 0.6 is 34.5 Å². The van der Waals surface area contributed by atoms with Crippen molar-refractivity contribution in [2.24, 2.45) is 0 Å². The minimum absolute atomic E-state index is 0.0980. The average molecular weight is 315 g/mol. The zero-order valence-corrected chi connectivity index (χ0v) is 13.5. The first-order valence-corrected chi connectivity index (χ1v) is 7.63. The fourth-order valence-electron chi connectivity index (χ4n) is 1.55. The van der Waals surface area contributed by atoms with Gasteiger partial charge in [-0.15, -0.1) is 11.3 Å². The summed E-state index contributed by atoms with van der Waals surface area (Å²) in [7, 11) is 0. The Hall–Kier alpha value is -0.770. The molecule has 102 valence electrons. The molecule has 1 N–H and O–H groups in total. The SMILES string of the molecule is CC(C)(C)c1nc(CNc2ccc(Cl)cc2Cl)cs1. The number of thiazole rings is 1. The Kier molecular flexibility index (Phi) is 4.39. The number of anilines is 1. The van der Waals surface area contributed by atoms with E-state index in [4.69, 9.17) is 23.2 Å². The van der Waals surface area contributed by atoms with Crippen LogP contribution in [0.4, 0.5) is 5.69 Å². The van der Waals surface area contributed by atoms with Crippen molar-refractivity contribution >= 4 is 40.2 Å². The number of rotatable bonds is 3. The van der Waals surface area contributed by atoms with Crippen LogP contribution < -0.4 is 5.32 Å². The van der Waals surface area contributed by atoms with Gasteiger partial charge in [-0.05, 0) is 18.2 Å². The third-order valence-corrected chi connectivity index (χ3v) is 4.45. The molecule has 0 fully saturated rings. The van der Waals surface area contributed by atoms with E-state index in [0.717, 1.165) is 16.4 Å². The topological polar surface area (TPSA) is 24.9 Å². The van der Waals surface area contributed by atoms with Crippen LogP contribution in [0.3, 0.4) is 0 Å². The second-order valence-corrected chi connectivity index (χ2v) is 7.07. The van der Waals surface area contributed by atoms with Crippen LogP contribution in [-0.2, 0) is 12.0 Å². The molecule has 0 atom stereocenters. The van der Waals surface area contributed by atoms with E-state index in [1.165, 1.54) is 0 Å². The Labute approximate surface area is 127 Å². The van der Waals surface area contributed by atoms with Crippen LogP contribution in [-0.4, -0.2) is 4.98 Å². The summed E-state index contributed by atoms with van der Waals surface area (Å²) in [4.78, 5) is 4.63. The molecule has 0 radical (unpaired) electrons. The number of aromatic nitrogens is 1. The predicted octanol–water partition coefficient (Wildman–Crippen LogP) is 5.36. The summed E-state index contributed by atoms with van der Waals surface area (Å²) in [6, 6.07) is 5.42. The molecule has 0 spiro atoms. The number of halogens is 2. The summed E-state index contributed by atoms with van der Waals surface area (Å²) in [5.41, 5.74) is 2.00. The van der Waals surface area contributed by atoms with Gasteiger partial charge in [-0.3, -0.25) is 0 Å². The third-order valence-electron chi connectivity index (χ3n) is 2.58. The van der Waals surface area contributed by atoms with Gasteiger partial charge >= 0.3 is 0 Å². The van der Waals surface area contributed by atoms with Gasteiger partial charge in [0, 0.05) is 15.8 Å². The largest absolute Gasteiger partial charge is 0.378 e. The van der Waals surface area contributed by atoms with Gasteiger partial charge in [-0.2, -0.15) is 0 Å². The fraction of sp³-hybridized carbons (Fsp3) is 0.357. The number of hydrogen-bond acceptors (Lipinski definition) is 3. The average Bonchev–Trinajstić information content (AvgIpc) is 2.76. The minimum atomic E-state index is 0.0980. The molecular formula is C14H16Cl2N2S. The van der Waals surface area contributed by atoms with Crippen molar-refractivity contribution in [3.05, 3.63) is 44.3 Å². The van der Waals surface area contributed by atoms with E-state index in [-0.39, 0.29) is 5.41 Å². The van der Waals surface area contributed by atoms with Gasteiger partial charge in [0.05, 0.1) is 28.0 Å². The summed E-state index contributed by atoms with van der Waals surface area (Å²) in [5, 5.41) is 7.76. The minimum Gasteiger partial charge on any atom is -0.378 e. The molecule has 1 aromatic carbocycles. The van der Waals surface area contributed by atoms with Crippen LogP contribution in [0.5, 0.6) is 0 Å². The highest BCUT2D eigenvalue weighted by atomic mass is 35.5. The first-order chi connectivity index (χ1) is 8.86. The van der Waals surface area contributed by atoms with Crippen molar-refractivity contribution in [1.29, 1.82) is 0 Å². The maximum atomic E-state index is 6.11. The Balaban J connectivity index is 2.04. The molecule has 0 saturated carbocycles. The van der Waals surface area contributed by atoms with Crippen molar-refractivity contribution in [2.45, 2.75) is 32.7 Å². The summed E-state index contributed by atoms with van der Waals surface area (Å²) in [6.45, 7) is 7.16. The zero-order valence-electron chi connectivity index (χ0n) is 11.1. The lowest BCUT2D eigenvalue weighted by Gasteiger charge is -2.13. The van der Waals surface area contributed by atoms with Gasteiger partial charge < -0.3 is 5.32 Å². The normalized spacial score (nSPS) is 11.6. The fourth-order valence-corrected chi connectivity index (χ4v) is 2.93. The molecule has 0 bridgehead atoms. The van der Waals surface area contributed by atoms with Crippen LogP contribution in [0, 0.1) is 0 Å². The maximum absolute atomic E-state index is 6.11. The number of hydrogen-bond donors (Lipinski definition) is 1. The van der Waals surface area contributed by atoms with Crippen molar-refractivity contribution in [1.82, 2.24) is 4.98 Å². The molecule has 1 aromatic heterocycles.